The lowest BCUT2D eigenvalue weighted by molar-refractivity contribution is -0.161. The lowest BCUT2D eigenvalue weighted by atomic mass is 10.00. The van der Waals surface area contributed by atoms with Gasteiger partial charge in [-0.3, -0.25) is 37.3 Å². The van der Waals surface area contributed by atoms with Crippen LogP contribution in [0.1, 0.15) is 453 Å². The number of ether oxygens (including phenoxy) is 4. The van der Waals surface area contributed by atoms with Crippen molar-refractivity contribution in [2.45, 2.75) is 472 Å². The molecule has 0 saturated heterocycles. The molecule has 0 aliphatic rings. The van der Waals surface area contributed by atoms with Gasteiger partial charge in [-0.1, -0.05) is 402 Å². The van der Waals surface area contributed by atoms with Crippen LogP contribution in [0.5, 0.6) is 0 Å². The average Bonchev–Trinajstić information content (AvgIpc) is 0.900. The Labute approximate surface area is 651 Å². The zero-order chi connectivity index (χ0) is 78.1. The normalized spacial score (nSPS) is 14.2. The number of hydrogen-bond donors (Lipinski definition) is 3. The number of hydrogen-bond acceptors (Lipinski definition) is 15. The fourth-order valence-electron chi connectivity index (χ4n) is 13.5. The minimum atomic E-state index is -4.97. The lowest BCUT2D eigenvalue weighted by Crippen LogP contribution is -2.30. The second-order valence-corrected chi connectivity index (χ2v) is 35.9. The van der Waals surface area contributed by atoms with Crippen LogP contribution in [0.2, 0.25) is 0 Å². The molecule has 0 heterocycles. The first-order chi connectivity index (χ1) is 51.1. The van der Waals surface area contributed by atoms with Crippen LogP contribution in [0.3, 0.4) is 0 Å². The Hall–Kier alpha value is -1.94. The van der Waals surface area contributed by atoms with Gasteiger partial charge in [-0.2, -0.15) is 0 Å². The van der Waals surface area contributed by atoms with Crippen LogP contribution in [-0.4, -0.2) is 96.7 Å². The smallest absolute Gasteiger partial charge is 0.462 e. The van der Waals surface area contributed by atoms with E-state index in [1.165, 1.54) is 250 Å². The van der Waals surface area contributed by atoms with E-state index < -0.39 is 97.5 Å². The van der Waals surface area contributed by atoms with Crippen LogP contribution in [0.15, 0.2) is 0 Å². The number of carbonyl (C=O) groups is 4. The van der Waals surface area contributed by atoms with Crippen LogP contribution in [0.4, 0.5) is 0 Å². The molecule has 0 aromatic carbocycles. The Kier molecular flexibility index (Phi) is 74.3. The molecular formula is C87H170O17P2. The molecule has 0 radical (unpaired) electrons. The van der Waals surface area contributed by atoms with Crippen molar-refractivity contribution < 1.29 is 80.2 Å². The molecule has 0 bridgehead atoms. The van der Waals surface area contributed by atoms with Gasteiger partial charge in [0.25, 0.3) is 0 Å². The molecule has 0 aliphatic carbocycles. The Morgan fingerprint density at radius 3 is 0.670 bits per heavy atom. The summed E-state index contributed by atoms with van der Waals surface area (Å²) in [4.78, 5) is 73.2. The molecule has 0 aromatic heterocycles. The maximum Gasteiger partial charge on any atom is 0.472 e. The lowest BCUT2D eigenvalue weighted by Gasteiger charge is -2.21. The molecule has 0 rings (SSSR count). The maximum atomic E-state index is 13.2. The molecule has 6 atom stereocenters. The molecule has 106 heavy (non-hydrogen) atoms. The fraction of sp³-hybridized carbons (Fsp3) is 0.954. The summed E-state index contributed by atoms with van der Waals surface area (Å²) >= 11 is 0. The first kappa shape index (κ1) is 104. The summed E-state index contributed by atoms with van der Waals surface area (Å²) < 4.78 is 68.9. The first-order valence-electron chi connectivity index (χ1n) is 44.7. The van der Waals surface area contributed by atoms with Gasteiger partial charge in [0.15, 0.2) is 12.2 Å². The highest BCUT2D eigenvalue weighted by Crippen LogP contribution is 2.45. The van der Waals surface area contributed by atoms with Gasteiger partial charge in [-0.05, 0) is 49.4 Å². The van der Waals surface area contributed by atoms with E-state index in [-0.39, 0.29) is 25.7 Å². The van der Waals surface area contributed by atoms with E-state index in [4.69, 9.17) is 37.0 Å². The Morgan fingerprint density at radius 2 is 0.453 bits per heavy atom. The molecule has 0 fully saturated rings. The van der Waals surface area contributed by atoms with Gasteiger partial charge >= 0.3 is 39.5 Å². The fourth-order valence-corrected chi connectivity index (χ4v) is 15.0. The Balaban J connectivity index is 5.23. The van der Waals surface area contributed by atoms with Gasteiger partial charge in [0.1, 0.15) is 19.3 Å². The number of phosphoric acid groups is 2. The predicted octanol–water partition coefficient (Wildman–Crippen LogP) is 26.3. The Morgan fingerprint density at radius 1 is 0.264 bits per heavy atom. The molecule has 0 saturated carbocycles. The minimum absolute atomic E-state index is 0.106. The summed E-state index contributed by atoms with van der Waals surface area (Å²) in [6.07, 6.45) is 65.3. The topological polar surface area (TPSA) is 237 Å². The molecular weight excluding hydrogens is 1380 g/mol. The first-order valence-corrected chi connectivity index (χ1v) is 47.7. The van der Waals surface area contributed by atoms with E-state index in [0.29, 0.717) is 25.7 Å². The van der Waals surface area contributed by atoms with Crippen molar-refractivity contribution >= 4 is 39.5 Å². The van der Waals surface area contributed by atoms with Gasteiger partial charge < -0.3 is 33.8 Å². The molecule has 630 valence electrons. The molecule has 17 nitrogen and oxygen atoms in total. The van der Waals surface area contributed by atoms with Gasteiger partial charge in [0.05, 0.1) is 26.4 Å². The van der Waals surface area contributed by atoms with Crippen LogP contribution in [0, 0.1) is 23.7 Å². The van der Waals surface area contributed by atoms with Crippen molar-refractivity contribution in [2.24, 2.45) is 23.7 Å². The van der Waals surface area contributed by atoms with E-state index in [0.717, 1.165) is 120 Å². The highest BCUT2D eigenvalue weighted by Gasteiger charge is 2.31. The van der Waals surface area contributed by atoms with E-state index in [1.807, 2.05) is 0 Å². The molecule has 3 N–H and O–H groups in total. The molecule has 19 heteroatoms. The van der Waals surface area contributed by atoms with E-state index in [9.17, 15) is 43.2 Å². The SMILES string of the molecule is CCC(C)CCCCCCCCC(=O)OC[C@H](COP(=O)(O)OC[C@H](O)COP(=O)(O)OC[C@@H](COC(=O)CCCCCCCCCCCCCCCCCCC(C)C)OC(=O)CCCCCCCCCCCCCCCCCCCCC(C)C)OC(=O)CCCCCCCCCCCCCCCC(C)C. The van der Waals surface area contributed by atoms with E-state index >= 15 is 0 Å². The third-order valence-electron chi connectivity index (χ3n) is 20.7. The minimum Gasteiger partial charge on any atom is -0.462 e. The molecule has 3 unspecified atom stereocenters. The summed E-state index contributed by atoms with van der Waals surface area (Å²) in [6.45, 7) is 14.3. The van der Waals surface area contributed by atoms with Crippen molar-refractivity contribution in [1.29, 1.82) is 0 Å². The summed E-state index contributed by atoms with van der Waals surface area (Å²) in [6, 6.07) is 0. The zero-order valence-electron chi connectivity index (χ0n) is 70.1. The molecule has 0 aliphatic heterocycles. The second kappa shape index (κ2) is 75.7. The standard InChI is InChI=1S/C87H170O17P2/c1-9-80(8)66-58-50-45-46-52-60-68-85(90)98-74-83(104-87(92)70-62-54-44-38-32-26-20-23-29-35-41-49-57-65-79(6)7)76-102-106(95,96)100-72-81(88)71-99-105(93,94)101-75-82(73-97-84(89)67-59-51-42-36-30-24-18-15-14-17-22-28-34-40-48-56-64-78(4)5)103-86(91)69-61-53-43-37-31-25-19-13-11-10-12-16-21-27-33-39-47-55-63-77(2)3/h77-83,88H,9-76H2,1-8H3,(H,93,94)(H,95,96)/t80?,81-,82-,83-/m1/s1. The number of rotatable bonds is 84. The number of aliphatic hydroxyl groups is 1. The van der Waals surface area contributed by atoms with Crippen molar-refractivity contribution in [3.63, 3.8) is 0 Å². The number of unbranched alkanes of at least 4 members (excludes halogenated alkanes) is 49. The van der Waals surface area contributed by atoms with Crippen molar-refractivity contribution in [3.05, 3.63) is 0 Å². The number of carbonyl (C=O) groups excluding carboxylic acids is 4. The quantitative estimate of drug-likeness (QED) is 0.0222. The molecule has 0 aromatic rings. The number of phosphoric ester groups is 2. The van der Waals surface area contributed by atoms with Gasteiger partial charge in [0, 0.05) is 25.7 Å². The third kappa shape index (κ3) is 78.7. The van der Waals surface area contributed by atoms with Gasteiger partial charge in [-0.15, -0.1) is 0 Å². The van der Waals surface area contributed by atoms with Crippen molar-refractivity contribution in [1.82, 2.24) is 0 Å². The molecule has 0 spiro atoms. The zero-order valence-corrected chi connectivity index (χ0v) is 71.9. The van der Waals surface area contributed by atoms with Gasteiger partial charge in [-0.25, -0.2) is 9.13 Å². The largest absolute Gasteiger partial charge is 0.472 e. The van der Waals surface area contributed by atoms with Crippen LogP contribution >= 0.6 is 15.6 Å². The second-order valence-electron chi connectivity index (χ2n) is 33.0. The highest BCUT2D eigenvalue weighted by molar-refractivity contribution is 7.47. The summed E-state index contributed by atoms with van der Waals surface area (Å²) in [5, 5.41) is 10.7. The van der Waals surface area contributed by atoms with Crippen LogP contribution in [0.25, 0.3) is 0 Å². The molecule has 0 amide bonds. The predicted molar refractivity (Wildman–Crippen MR) is 437 cm³/mol. The third-order valence-corrected chi connectivity index (χ3v) is 22.6. The number of aliphatic hydroxyl groups excluding tert-OH is 1. The maximum absolute atomic E-state index is 13.2. The summed E-state index contributed by atoms with van der Waals surface area (Å²) in [5.74, 6) is 1.04. The highest BCUT2D eigenvalue weighted by atomic mass is 31.2. The monoisotopic (exact) mass is 1550 g/mol. The summed E-state index contributed by atoms with van der Waals surface area (Å²) in [5.41, 5.74) is 0. The van der Waals surface area contributed by atoms with E-state index in [1.54, 1.807) is 0 Å². The van der Waals surface area contributed by atoms with Crippen molar-refractivity contribution in [3.8, 4) is 0 Å². The van der Waals surface area contributed by atoms with E-state index in [2.05, 4.69) is 55.4 Å². The van der Waals surface area contributed by atoms with Gasteiger partial charge in [0.2, 0.25) is 0 Å². The number of esters is 4. The van der Waals surface area contributed by atoms with Crippen molar-refractivity contribution in [2.75, 3.05) is 39.6 Å². The average molecular weight is 1550 g/mol. The summed E-state index contributed by atoms with van der Waals surface area (Å²) in [7, 11) is -9.93. The Bertz CT molecular complexity index is 2060. The van der Waals surface area contributed by atoms with Crippen LogP contribution < -0.4 is 0 Å². The van der Waals surface area contributed by atoms with Crippen LogP contribution in [-0.2, 0) is 65.4 Å².